The number of aliphatic hydroxyl groups is 1. The average Bonchev–Trinajstić information content (AvgIpc) is 2.07. The number of hydrogen-bond donors (Lipinski definition) is 1. The highest BCUT2D eigenvalue weighted by molar-refractivity contribution is 4.97. The molecule has 0 bridgehead atoms. The van der Waals surface area contributed by atoms with Crippen molar-refractivity contribution >= 4 is 0 Å². The zero-order valence-corrected chi connectivity index (χ0v) is 9.88. The van der Waals surface area contributed by atoms with Crippen LogP contribution in [0.3, 0.4) is 0 Å². The highest BCUT2D eigenvalue weighted by atomic mass is 16.3. The minimum Gasteiger partial charge on any atom is -0.392 e. The van der Waals surface area contributed by atoms with Crippen LogP contribution < -0.4 is 0 Å². The van der Waals surface area contributed by atoms with E-state index in [1.165, 1.54) is 5.57 Å². The Morgan fingerprint density at radius 2 is 2.14 bits per heavy atom. The summed E-state index contributed by atoms with van der Waals surface area (Å²) < 4.78 is 0. The lowest BCUT2D eigenvalue weighted by atomic mass is 9.81. The van der Waals surface area contributed by atoms with Crippen LogP contribution in [0.4, 0.5) is 0 Å². The maximum absolute atomic E-state index is 9.79. The molecule has 0 aromatic carbocycles. The first-order valence-corrected chi connectivity index (χ1v) is 5.45. The first-order chi connectivity index (χ1) is 6.42. The number of nitrogens with zero attached hydrogens (tertiary/aromatic N) is 1. The van der Waals surface area contributed by atoms with Crippen LogP contribution in [0.2, 0.25) is 0 Å². The predicted octanol–water partition coefficient (Wildman–Crippen LogP) is 2.05. The lowest BCUT2D eigenvalue weighted by Crippen LogP contribution is -2.48. The maximum Gasteiger partial charge on any atom is 0.0615 e. The van der Waals surface area contributed by atoms with Gasteiger partial charge in [-0.3, -0.25) is 4.90 Å². The summed E-state index contributed by atoms with van der Waals surface area (Å²) in [5, 5.41) is 9.79. The third-order valence-corrected chi connectivity index (χ3v) is 3.01. The van der Waals surface area contributed by atoms with E-state index in [-0.39, 0.29) is 11.5 Å². The van der Waals surface area contributed by atoms with Crippen molar-refractivity contribution in [2.75, 3.05) is 19.6 Å². The highest BCUT2D eigenvalue weighted by Crippen LogP contribution is 2.28. The fraction of sp³-hybridized carbons (Fsp3) is 0.833. The lowest BCUT2D eigenvalue weighted by Gasteiger charge is -2.41. The third-order valence-electron chi connectivity index (χ3n) is 3.01. The molecule has 1 unspecified atom stereocenters. The molecule has 2 heteroatoms. The molecule has 1 atom stereocenters. The molecule has 0 aromatic rings. The summed E-state index contributed by atoms with van der Waals surface area (Å²) in [7, 11) is 0. The number of hydrogen-bond acceptors (Lipinski definition) is 2. The number of rotatable bonds is 2. The zero-order chi connectivity index (χ0) is 10.8. The Balaban J connectivity index is 2.48. The van der Waals surface area contributed by atoms with Crippen molar-refractivity contribution in [1.29, 1.82) is 0 Å². The molecule has 0 aliphatic carbocycles. The molecule has 0 amide bonds. The van der Waals surface area contributed by atoms with Gasteiger partial charge in [-0.05, 0) is 20.3 Å². The van der Waals surface area contributed by atoms with Crippen LogP contribution in [0.15, 0.2) is 11.6 Å². The molecular weight excluding hydrogens is 174 g/mol. The number of allylic oxidation sites excluding steroid dienone is 1. The fourth-order valence-electron chi connectivity index (χ4n) is 1.92. The molecule has 1 fully saturated rings. The molecule has 1 heterocycles. The second-order valence-corrected chi connectivity index (χ2v) is 5.31. The summed E-state index contributed by atoms with van der Waals surface area (Å²) in [6.07, 6.45) is 3.03. The Kier molecular flexibility index (Phi) is 3.73. The summed E-state index contributed by atoms with van der Waals surface area (Å²) in [4.78, 5) is 2.42. The van der Waals surface area contributed by atoms with Gasteiger partial charge in [-0.2, -0.15) is 0 Å². The van der Waals surface area contributed by atoms with Crippen LogP contribution in [-0.4, -0.2) is 35.7 Å². The van der Waals surface area contributed by atoms with Gasteiger partial charge in [0, 0.05) is 25.0 Å². The van der Waals surface area contributed by atoms with Gasteiger partial charge >= 0.3 is 0 Å². The number of aliphatic hydroxyl groups excluding tert-OH is 1. The first-order valence-electron chi connectivity index (χ1n) is 5.45. The summed E-state index contributed by atoms with van der Waals surface area (Å²) in [5.74, 6) is 0. The summed E-state index contributed by atoms with van der Waals surface area (Å²) in [6.45, 7) is 11.6. The van der Waals surface area contributed by atoms with E-state index in [1.807, 2.05) is 0 Å². The van der Waals surface area contributed by atoms with Crippen LogP contribution in [0.5, 0.6) is 0 Å². The number of likely N-dealkylation sites (tertiary alicyclic amines) is 1. The molecule has 2 nitrogen and oxygen atoms in total. The Bertz CT molecular complexity index is 216. The van der Waals surface area contributed by atoms with E-state index in [9.17, 15) is 5.11 Å². The second-order valence-electron chi connectivity index (χ2n) is 5.31. The van der Waals surface area contributed by atoms with Crippen LogP contribution in [0.25, 0.3) is 0 Å². The molecule has 1 aliphatic rings. The average molecular weight is 197 g/mol. The summed E-state index contributed by atoms with van der Waals surface area (Å²) >= 11 is 0. The molecule has 1 N–H and O–H groups in total. The molecule has 0 radical (unpaired) electrons. The zero-order valence-electron chi connectivity index (χ0n) is 9.88. The molecular formula is C12H23NO. The van der Waals surface area contributed by atoms with Crippen molar-refractivity contribution in [2.24, 2.45) is 5.41 Å². The molecule has 82 valence electrons. The van der Waals surface area contributed by atoms with Crippen LogP contribution >= 0.6 is 0 Å². The van der Waals surface area contributed by atoms with Crippen LogP contribution in [0.1, 0.15) is 34.1 Å². The van der Waals surface area contributed by atoms with Crippen molar-refractivity contribution < 1.29 is 5.11 Å². The van der Waals surface area contributed by atoms with Crippen molar-refractivity contribution in [2.45, 2.75) is 40.2 Å². The molecule has 14 heavy (non-hydrogen) atoms. The van der Waals surface area contributed by atoms with Gasteiger partial charge in [0.15, 0.2) is 0 Å². The Morgan fingerprint density at radius 3 is 2.64 bits per heavy atom. The van der Waals surface area contributed by atoms with Gasteiger partial charge in [-0.1, -0.05) is 25.5 Å². The van der Waals surface area contributed by atoms with E-state index in [4.69, 9.17) is 0 Å². The van der Waals surface area contributed by atoms with Gasteiger partial charge in [0.1, 0.15) is 0 Å². The van der Waals surface area contributed by atoms with Crippen molar-refractivity contribution in [3.8, 4) is 0 Å². The van der Waals surface area contributed by atoms with Crippen LogP contribution in [0, 0.1) is 5.41 Å². The van der Waals surface area contributed by atoms with Gasteiger partial charge in [0.25, 0.3) is 0 Å². The van der Waals surface area contributed by atoms with Crippen molar-refractivity contribution in [1.82, 2.24) is 4.90 Å². The molecule has 1 rings (SSSR count). The fourth-order valence-corrected chi connectivity index (χ4v) is 1.92. The highest BCUT2D eigenvalue weighted by Gasteiger charge is 2.33. The first kappa shape index (κ1) is 11.7. The van der Waals surface area contributed by atoms with Crippen molar-refractivity contribution in [3.05, 3.63) is 11.6 Å². The number of piperidine rings is 1. The van der Waals surface area contributed by atoms with Crippen molar-refractivity contribution in [3.63, 3.8) is 0 Å². The molecule has 0 spiro atoms. The van der Waals surface area contributed by atoms with Gasteiger partial charge in [-0.25, -0.2) is 0 Å². The summed E-state index contributed by atoms with van der Waals surface area (Å²) in [5.41, 5.74) is 1.42. The SMILES string of the molecule is CC(C)=CCN1CCC(O)C(C)(C)C1. The standard InChI is InChI=1S/C12H23NO/c1-10(2)5-7-13-8-6-11(14)12(3,4)9-13/h5,11,14H,6-9H2,1-4H3. The minimum absolute atomic E-state index is 0.0493. The normalized spacial score (nSPS) is 27.4. The van der Waals surface area contributed by atoms with E-state index in [0.717, 1.165) is 26.1 Å². The van der Waals surface area contributed by atoms with E-state index in [1.54, 1.807) is 0 Å². The molecule has 0 saturated carbocycles. The maximum atomic E-state index is 9.79. The van der Waals surface area contributed by atoms with Gasteiger partial charge < -0.3 is 5.11 Å². The largest absolute Gasteiger partial charge is 0.392 e. The molecule has 1 aliphatic heterocycles. The van der Waals surface area contributed by atoms with Gasteiger partial charge in [0.2, 0.25) is 0 Å². The van der Waals surface area contributed by atoms with E-state index < -0.39 is 0 Å². The van der Waals surface area contributed by atoms with Gasteiger partial charge in [-0.15, -0.1) is 0 Å². The monoisotopic (exact) mass is 197 g/mol. The predicted molar refractivity (Wildman–Crippen MR) is 60.3 cm³/mol. The minimum atomic E-state index is -0.134. The smallest absolute Gasteiger partial charge is 0.0615 e. The van der Waals surface area contributed by atoms with Crippen LogP contribution in [-0.2, 0) is 0 Å². The second kappa shape index (κ2) is 4.45. The van der Waals surface area contributed by atoms with E-state index in [0.29, 0.717) is 0 Å². The lowest BCUT2D eigenvalue weighted by molar-refractivity contribution is -0.0208. The quantitative estimate of drug-likeness (QED) is 0.685. The summed E-state index contributed by atoms with van der Waals surface area (Å²) in [6, 6.07) is 0. The Labute approximate surface area is 87.6 Å². The van der Waals surface area contributed by atoms with Gasteiger partial charge in [0.05, 0.1) is 6.10 Å². The third kappa shape index (κ3) is 3.10. The Hall–Kier alpha value is -0.340. The van der Waals surface area contributed by atoms with E-state index in [2.05, 4.69) is 38.7 Å². The van der Waals surface area contributed by atoms with E-state index >= 15 is 0 Å². The molecule has 0 aromatic heterocycles. The Morgan fingerprint density at radius 1 is 1.50 bits per heavy atom. The molecule has 1 saturated heterocycles. The topological polar surface area (TPSA) is 23.5 Å².